The van der Waals surface area contributed by atoms with E-state index in [1.165, 1.54) is 11.1 Å². The van der Waals surface area contributed by atoms with Crippen LogP contribution in [0.1, 0.15) is 16.7 Å². The number of rotatable bonds is 3. The van der Waals surface area contributed by atoms with Crippen LogP contribution in [0.2, 0.25) is 0 Å². The van der Waals surface area contributed by atoms with Crippen LogP contribution in [0, 0.1) is 13.8 Å². The molecular formula is C14H15NOS. The summed E-state index contributed by atoms with van der Waals surface area (Å²) in [6.45, 7) is 4.09. The fraction of sp³-hybridized carbons (Fsp3) is 0.214. The van der Waals surface area contributed by atoms with Crippen molar-refractivity contribution in [3.8, 4) is 0 Å². The molecule has 17 heavy (non-hydrogen) atoms. The molecule has 0 bridgehead atoms. The van der Waals surface area contributed by atoms with Crippen LogP contribution in [0.15, 0.2) is 47.6 Å². The van der Waals surface area contributed by atoms with Crippen molar-refractivity contribution in [2.45, 2.75) is 24.6 Å². The van der Waals surface area contributed by atoms with Crippen LogP contribution in [0.5, 0.6) is 0 Å². The topological polar surface area (TPSA) is 30.0 Å². The fourth-order valence-electron chi connectivity index (χ4n) is 1.65. The van der Waals surface area contributed by atoms with Crippen LogP contribution in [0.3, 0.4) is 0 Å². The lowest BCUT2D eigenvalue weighted by molar-refractivity contribution is 0.679. The molecule has 2 nitrogen and oxygen atoms in total. The second kappa shape index (κ2) is 5.23. The van der Waals surface area contributed by atoms with Crippen LogP contribution in [0.4, 0.5) is 0 Å². The molecule has 0 N–H and O–H groups in total. The Morgan fingerprint density at radius 2 is 2.00 bits per heavy atom. The lowest BCUT2D eigenvalue weighted by Crippen LogP contribution is -2.00. The summed E-state index contributed by atoms with van der Waals surface area (Å²) in [5.41, 5.74) is 3.51. The zero-order valence-electron chi connectivity index (χ0n) is 10.0. The van der Waals surface area contributed by atoms with Gasteiger partial charge in [-0.1, -0.05) is 29.8 Å². The second-order valence-electron chi connectivity index (χ2n) is 4.09. The molecule has 88 valence electrons. The van der Waals surface area contributed by atoms with E-state index in [1.807, 2.05) is 26.0 Å². The number of nitrogens with zero attached hydrogens (tertiary/aromatic N) is 1. The Hall–Kier alpha value is -1.48. The lowest BCUT2D eigenvalue weighted by atomic mass is 10.1. The smallest absolute Gasteiger partial charge is 0.127 e. The fourth-order valence-corrected chi connectivity index (χ4v) is 2.80. The van der Waals surface area contributed by atoms with E-state index in [9.17, 15) is 4.21 Å². The molecule has 1 aromatic carbocycles. The molecule has 0 amide bonds. The molecule has 3 heteroatoms. The average Bonchev–Trinajstić information content (AvgIpc) is 2.35. The van der Waals surface area contributed by atoms with Crippen molar-refractivity contribution in [3.63, 3.8) is 0 Å². The molecule has 2 aromatic rings. The Kier molecular flexibility index (Phi) is 3.69. The molecule has 0 aliphatic rings. The number of aromatic nitrogens is 1. The molecule has 1 heterocycles. The molecule has 0 saturated heterocycles. The molecule has 1 aromatic heterocycles. The van der Waals surface area contributed by atoms with Gasteiger partial charge in [0.1, 0.15) is 5.03 Å². The van der Waals surface area contributed by atoms with E-state index in [4.69, 9.17) is 0 Å². The predicted molar refractivity (Wildman–Crippen MR) is 70.3 cm³/mol. The third kappa shape index (κ3) is 3.01. The van der Waals surface area contributed by atoms with Crippen LogP contribution in [-0.2, 0) is 16.6 Å². The van der Waals surface area contributed by atoms with Gasteiger partial charge in [-0.05, 0) is 37.1 Å². The number of pyridine rings is 1. The summed E-state index contributed by atoms with van der Waals surface area (Å²) >= 11 is 0. The predicted octanol–water partition coefficient (Wildman–Crippen LogP) is 3.01. The maximum atomic E-state index is 12.1. The summed E-state index contributed by atoms with van der Waals surface area (Å²) in [5.74, 6) is 0.532. The van der Waals surface area contributed by atoms with Gasteiger partial charge in [0.05, 0.1) is 16.6 Å². The molecule has 0 aliphatic heterocycles. The van der Waals surface area contributed by atoms with Gasteiger partial charge in [0, 0.05) is 6.20 Å². The van der Waals surface area contributed by atoms with Gasteiger partial charge in [-0.3, -0.25) is 4.21 Å². The highest BCUT2D eigenvalue weighted by Crippen LogP contribution is 2.15. The van der Waals surface area contributed by atoms with E-state index in [1.54, 1.807) is 12.3 Å². The van der Waals surface area contributed by atoms with Crippen molar-refractivity contribution in [1.29, 1.82) is 0 Å². The first-order valence-corrected chi connectivity index (χ1v) is 6.84. The highest BCUT2D eigenvalue weighted by molar-refractivity contribution is 7.84. The first-order valence-electron chi connectivity index (χ1n) is 5.52. The van der Waals surface area contributed by atoms with E-state index in [2.05, 4.69) is 23.2 Å². The number of aryl methyl sites for hydroxylation is 2. The van der Waals surface area contributed by atoms with Crippen LogP contribution >= 0.6 is 0 Å². The van der Waals surface area contributed by atoms with Gasteiger partial charge >= 0.3 is 0 Å². The molecular weight excluding hydrogens is 230 g/mol. The van der Waals surface area contributed by atoms with Crippen molar-refractivity contribution in [1.82, 2.24) is 4.98 Å². The highest BCUT2D eigenvalue weighted by atomic mass is 32.2. The minimum absolute atomic E-state index is 0.532. The monoisotopic (exact) mass is 245 g/mol. The number of benzene rings is 1. The number of hydrogen-bond donors (Lipinski definition) is 0. The molecule has 0 fully saturated rings. The molecule has 0 spiro atoms. The average molecular weight is 245 g/mol. The molecule has 0 aliphatic carbocycles. The Morgan fingerprint density at radius 1 is 1.18 bits per heavy atom. The number of hydrogen-bond acceptors (Lipinski definition) is 2. The molecule has 0 radical (unpaired) electrons. The van der Waals surface area contributed by atoms with Crippen molar-refractivity contribution < 1.29 is 4.21 Å². The SMILES string of the molecule is Cc1ccc(C)c(CS(=O)c2ccccn2)c1. The van der Waals surface area contributed by atoms with Gasteiger partial charge in [-0.2, -0.15) is 0 Å². The van der Waals surface area contributed by atoms with Crippen LogP contribution in [0.25, 0.3) is 0 Å². The van der Waals surface area contributed by atoms with E-state index in [0.29, 0.717) is 10.8 Å². The zero-order valence-corrected chi connectivity index (χ0v) is 10.8. The minimum Gasteiger partial charge on any atom is -0.252 e. The van der Waals surface area contributed by atoms with Gasteiger partial charge < -0.3 is 0 Å². The van der Waals surface area contributed by atoms with Gasteiger partial charge in [0.2, 0.25) is 0 Å². The molecule has 2 rings (SSSR count). The normalized spacial score (nSPS) is 12.4. The summed E-state index contributed by atoms with van der Waals surface area (Å²) < 4.78 is 12.1. The Balaban J connectivity index is 2.22. The van der Waals surface area contributed by atoms with Crippen molar-refractivity contribution in [3.05, 3.63) is 59.3 Å². The Labute approximate surface area is 104 Å². The van der Waals surface area contributed by atoms with Crippen LogP contribution < -0.4 is 0 Å². The third-order valence-electron chi connectivity index (χ3n) is 2.66. The molecule has 0 saturated carbocycles. The maximum absolute atomic E-state index is 12.1. The quantitative estimate of drug-likeness (QED) is 0.832. The van der Waals surface area contributed by atoms with Crippen molar-refractivity contribution in [2.24, 2.45) is 0 Å². The summed E-state index contributed by atoms with van der Waals surface area (Å²) in [7, 11) is -1.06. The van der Waals surface area contributed by atoms with E-state index < -0.39 is 10.8 Å². The largest absolute Gasteiger partial charge is 0.252 e. The Morgan fingerprint density at radius 3 is 2.71 bits per heavy atom. The zero-order chi connectivity index (χ0) is 12.3. The van der Waals surface area contributed by atoms with Gasteiger partial charge in [0.15, 0.2) is 0 Å². The van der Waals surface area contributed by atoms with Gasteiger partial charge in [-0.25, -0.2) is 4.98 Å². The second-order valence-corrected chi connectivity index (χ2v) is 5.49. The third-order valence-corrected chi connectivity index (χ3v) is 3.94. The minimum atomic E-state index is -1.06. The van der Waals surface area contributed by atoms with Gasteiger partial charge in [0.25, 0.3) is 0 Å². The van der Waals surface area contributed by atoms with Crippen molar-refractivity contribution >= 4 is 10.8 Å². The first kappa shape index (κ1) is 12.0. The van der Waals surface area contributed by atoms with Gasteiger partial charge in [-0.15, -0.1) is 0 Å². The molecule has 1 unspecified atom stereocenters. The highest BCUT2D eigenvalue weighted by Gasteiger charge is 2.08. The standard InChI is InChI=1S/C14H15NOS/c1-11-6-7-12(2)13(9-11)10-17(16)14-5-3-4-8-15-14/h3-9H,10H2,1-2H3. The summed E-state index contributed by atoms with van der Waals surface area (Å²) in [6, 6.07) is 11.7. The van der Waals surface area contributed by atoms with Crippen LogP contribution in [-0.4, -0.2) is 9.19 Å². The molecule has 1 atom stereocenters. The lowest BCUT2D eigenvalue weighted by Gasteiger charge is -2.06. The van der Waals surface area contributed by atoms with E-state index in [0.717, 1.165) is 5.56 Å². The van der Waals surface area contributed by atoms with Crippen molar-refractivity contribution in [2.75, 3.05) is 0 Å². The summed E-state index contributed by atoms with van der Waals surface area (Å²) in [6.07, 6.45) is 1.68. The van der Waals surface area contributed by atoms with E-state index in [-0.39, 0.29) is 0 Å². The Bertz CT molecular complexity index is 537. The summed E-state index contributed by atoms with van der Waals surface area (Å²) in [5, 5.41) is 0.647. The van der Waals surface area contributed by atoms with E-state index >= 15 is 0 Å². The summed E-state index contributed by atoms with van der Waals surface area (Å²) in [4.78, 5) is 4.13. The maximum Gasteiger partial charge on any atom is 0.127 e. The first-order chi connectivity index (χ1) is 8.16.